The number of nitrogens with one attached hydrogen (secondary N) is 1. The zero-order valence-corrected chi connectivity index (χ0v) is 15.7. The van der Waals surface area contributed by atoms with Gasteiger partial charge in [0, 0.05) is 11.6 Å². The van der Waals surface area contributed by atoms with Gasteiger partial charge in [0.15, 0.2) is 23.9 Å². The van der Waals surface area contributed by atoms with Gasteiger partial charge in [-0.25, -0.2) is 0 Å². The van der Waals surface area contributed by atoms with Gasteiger partial charge in [-0.1, -0.05) is 0 Å². The first-order valence-corrected chi connectivity index (χ1v) is 8.83. The average Bonchev–Trinajstić information content (AvgIpc) is 2.74. The van der Waals surface area contributed by atoms with E-state index in [9.17, 15) is 32.9 Å². The molecule has 12 heteroatoms. The molecule has 1 heterocycles. The summed E-state index contributed by atoms with van der Waals surface area (Å²) in [4.78, 5) is 34.1. The molecule has 0 amide bonds. The van der Waals surface area contributed by atoms with Crippen molar-refractivity contribution >= 4 is 23.1 Å². The highest BCUT2D eigenvalue weighted by Gasteiger charge is 2.33. The van der Waals surface area contributed by atoms with E-state index in [2.05, 4.69) is 5.32 Å². The molecule has 3 rings (SSSR count). The highest BCUT2D eigenvalue weighted by atomic mass is 19.4. The summed E-state index contributed by atoms with van der Waals surface area (Å²) in [6.45, 7) is -0.473. The Morgan fingerprint density at radius 2 is 1.81 bits per heavy atom. The van der Waals surface area contributed by atoms with E-state index in [0.29, 0.717) is 36.8 Å². The Balaban J connectivity index is 1.57. The number of halogens is 3. The van der Waals surface area contributed by atoms with Gasteiger partial charge in [0.1, 0.15) is 25.4 Å². The number of esters is 1. The van der Waals surface area contributed by atoms with Crippen LogP contribution in [0.15, 0.2) is 36.4 Å². The predicted molar refractivity (Wildman–Crippen MR) is 99.3 cm³/mol. The molecule has 0 fully saturated rings. The summed E-state index contributed by atoms with van der Waals surface area (Å²) in [5.41, 5.74) is -2.12. The molecule has 31 heavy (non-hydrogen) atoms. The molecule has 0 aliphatic carbocycles. The fourth-order valence-corrected chi connectivity index (χ4v) is 2.67. The van der Waals surface area contributed by atoms with Crippen molar-refractivity contribution < 1.29 is 41.9 Å². The van der Waals surface area contributed by atoms with E-state index in [4.69, 9.17) is 14.2 Å². The fraction of sp³-hybridized carbons (Fsp3) is 0.263. The quantitative estimate of drug-likeness (QED) is 0.302. The highest BCUT2D eigenvalue weighted by molar-refractivity contribution is 5.98. The number of nitro benzene ring substituents is 1. The molecule has 0 radical (unpaired) electrons. The van der Waals surface area contributed by atoms with Crippen LogP contribution in [0.3, 0.4) is 0 Å². The minimum Gasteiger partial charge on any atom is -0.486 e. The fourth-order valence-electron chi connectivity index (χ4n) is 2.67. The third-order valence-corrected chi connectivity index (χ3v) is 4.17. The number of nitrogens with zero attached hydrogens (tertiary/aromatic N) is 1. The number of ketones is 1. The minimum atomic E-state index is -4.75. The Morgan fingerprint density at radius 1 is 1.10 bits per heavy atom. The zero-order chi connectivity index (χ0) is 22.6. The van der Waals surface area contributed by atoms with Crippen LogP contribution in [0, 0.1) is 10.1 Å². The molecule has 1 aliphatic rings. The first kappa shape index (κ1) is 21.9. The molecule has 0 unspecified atom stereocenters. The molecule has 1 aliphatic heterocycles. The topological polar surface area (TPSA) is 117 Å². The Bertz CT molecular complexity index is 1020. The van der Waals surface area contributed by atoms with Crippen LogP contribution in [-0.2, 0) is 15.7 Å². The second-order valence-corrected chi connectivity index (χ2v) is 6.28. The summed E-state index contributed by atoms with van der Waals surface area (Å²) >= 11 is 0. The monoisotopic (exact) mass is 440 g/mol. The molecule has 0 aromatic heterocycles. The summed E-state index contributed by atoms with van der Waals surface area (Å²) in [6, 6.07) is 6.33. The molecular weight excluding hydrogens is 425 g/mol. The van der Waals surface area contributed by atoms with E-state index < -0.39 is 47.3 Å². The van der Waals surface area contributed by atoms with E-state index in [-0.39, 0.29) is 11.3 Å². The van der Waals surface area contributed by atoms with Crippen LogP contribution in [0.1, 0.15) is 15.9 Å². The van der Waals surface area contributed by atoms with E-state index in [1.807, 2.05) is 0 Å². The van der Waals surface area contributed by atoms with Crippen molar-refractivity contribution in [2.45, 2.75) is 6.18 Å². The number of hydrogen-bond acceptors (Lipinski definition) is 8. The number of alkyl halides is 3. The van der Waals surface area contributed by atoms with Crippen molar-refractivity contribution in [2.75, 3.05) is 31.7 Å². The van der Waals surface area contributed by atoms with Crippen molar-refractivity contribution in [1.82, 2.24) is 0 Å². The number of Topliss-reactive ketones (excluding diaryl/α,β-unsaturated/α-hetero) is 1. The predicted octanol–water partition coefficient (Wildman–Crippen LogP) is 3.22. The standard InChI is InChI=1S/C19H15F3N2O7/c20-19(21,22)12-2-3-13(14(8-12)24(27)28)23-9-18(26)31-10-15(25)11-1-4-16-17(7-11)30-6-5-29-16/h1-4,7-8,23H,5-6,9-10H2. The van der Waals surface area contributed by atoms with Crippen molar-refractivity contribution in [3.8, 4) is 11.5 Å². The summed E-state index contributed by atoms with van der Waals surface area (Å²) in [5.74, 6) is -0.576. The summed E-state index contributed by atoms with van der Waals surface area (Å²) in [6.07, 6.45) is -4.75. The molecule has 164 valence electrons. The van der Waals surface area contributed by atoms with Gasteiger partial charge in [0.25, 0.3) is 5.69 Å². The van der Waals surface area contributed by atoms with Gasteiger partial charge in [-0.2, -0.15) is 13.2 Å². The van der Waals surface area contributed by atoms with Gasteiger partial charge in [0.2, 0.25) is 0 Å². The average molecular weight is 440 g/mol. The number of hydrogen-bond donors (Lipinski definition) is 1. The number of fused-ring (bicyclic) bond motifs is 1. The van der Waals surface area contributed by atoms with Crippen LogP contribution in [0.5, 0.6) is 11.5 Å². The number of ether oxygens (including phenoxy) is 3. The lowest BCUT2D eigenvalue weighted by Crippen LogP contribution is -2.21. The molecule has 0 atom stereocenters. The molecule has 0 saturated heterocycles. The normalized spacial score (nSPS) is 12.7. The number of carbonyl (C=O) groups is 2. The maximum absolute atomic E-state index is 12.7. The van der Waals surface area contributed by atoms with Crippen molar-refractivity contribution in [2.24, 2.45) is 0 Å². The number of carbonyl (C=O) groups excluding carboxylic acids is 2. The molecule has 2 aromatic rings. The van der Waals surface area contributed by atoms with Crippen LogP contribution >= 0.6 is 0 Å². The van der Waals surface area contributed by atoms with Crippen molar-refractivity contribution in [3.05, 3.63) is 57.6 Å². The third kappa shape index (κ3) is 5.41. The van der Waals surface area contributed by atoms with Gasteiger partial charge >= 0.3 is 12.1 Å². The van der Waals surface area contributed by atoms with Crippen molar-refractivity contribution in [1.29, 1.82) is 0 Å². The number of rotatable bonds is 7. The minimum absolute atomic E-state index is 0.225. The Kier molecular flexibility index (Phi) is 6.28. The van der Waals surface area contributed by atoms with E-state index >= 15 is 0 Å². The lowest BCUT2D eigenvalue weighted by atomic mass is 10.1. The zero-order valence-electron chi connectivity index (χ0n) is 15.7. The highest BCUT2D eigenvalue weighted by Crippen LogP contribution is 2.35. The van der Waals surface area contributed by atoms with E-state index in [1.165, 1.54) is 12.1 Å². The van der Waals surface area contributed by atoms with E-state index in [0.717, 1.165) is 6.07 Å². The first-order chi connectivity index (χ1) is 14.6. The largest absolute Gasteiger partial charge is 0.486 e. The Hall–Kier alpha value is -3.83. The number of anilines is 1. The van der Waals surface area contributed by atoms with Gasteiger partial charge in [0.05, 0.1) is 10.5 Å². The Labute approximate surface area is 172 Å². The molecule has 0 spiro atoms. The summed E-state index contributed by atoms with van der Waals surface area (Å²) in [7, 11) is 0. The smallest absolute Gasteiger partial charge is 0.416 e. The molecule has 9 nitrogen and oxygen atoms in total. The molecule has 1 N–H and O–H groups in total. The molecule has 0 saturated carbocycles. The maximum atomic E-state index is 12.7. The first-order valence-electron chi connectivity index (χ1n) is 8.83. The second kappa shape index (κ2) is 8.90. The molecule has 2 aromatic carbocycles. The van der Waals surface area contributed by atoms with E-state index in [1.54, 1.807) is 6.07 Å². The maximum Gasteiger partial charge on any atom is 0.416 e. The van der Waals surface area contributed by atoms with Crippen LogP contribution in [0.2, 0.25) is 0 Å². The van der Waals surface area contributed by atoms with Crippen molar-refractivity contribution in [3.63, 3.8) is 0 Å². The Morgan fingerprint density at radius 3 is 2.48 bits per heavy atom. The number of nitro groups is 1. The van der Waals surface area contributed by atoms with Gasteiger partial charge < -0.3 is 19.5 Å². The van der Waals surface area contributed by atoms with Crippen LogP contribution in [-0.4, -0.2) is 43.0 Å². The number of benzene rings is 2. The SMILES string of the molecule is O=C(CNc1ccc(C(F)(F)F)cc1[N+](=O)[O-])OCC(=O)c1ccc2c(c1)OCCO2. The lowest BCUT2D eigenvalue weighted by molar-refractivity contribution is -0.384. The van der Waals surface area contributed by atoms with Gasteiger partial charge in [-0.15, -0.1) is 0 Å². The van der Waals surface area contributed by atoms with Gasteiger partial charge in [-0.05, 0) is 30.3 Å². The molecular formula is C19H15F3N2O7. The lowest BCUT2D eigenvalue weighted by Gasteiger charge is -2.18. The van der Waals surface area contributed by atoms with Crippen LogP contribution < -0.4 is 14.8 Å². The summed E-state index contributed by atoms with van der Waals surface area (Å²) in [5, 5.41) is 13.4. The van der Waals surface area contributed by atoms with Crippen LogP contribution in [0.4, 0.5) is 24.5 Å². The second-order valence-electron chi connectivity index (χ2n) is 6.28. The van der Waals surface area contributed by atoms with Gasteiger partial charge in [-0.3, -0.25) is 19.7 Å². The third-order valence-electron chi connectivity index (χ3n) is 4.17. The summed E-state index contributed by atoms with van der Waals surface area (Å²) < 4.78 is 53.7. The molecule has 0 bridgehead atoms. The van der Waals surface area contributed by atoms with Crippen LogP contribution in [0.25, 0.3) is 0 Å².